The third-order valence-electron chi connectivity index (χ3n) is 1.77. The quantitative estimate of drug-likeness (QED) is 0.674. The second-order valence-corrected chi connectivity index (χ2v) is 2.81. The SMILES string of the molecule is NC(=O)c1cc(-n2cnc(N)n2)ccn1. The number of carbonyl (C=O) groups is 1. The summed E-state index contributed by atoms with van der Waals surface area (Å²) in [4.78, 5) is 18.4. The van der Waals surface area contributed by atoms with E-state index >= 15 is 0 Å². The fourth-order valence-corrected chi connectivity index (χ4v) is 1.10. The Morgan fingerprint density at radius 2 is 2.20 bits per heavy atom. The van der Waals surface area contributed by atoms with Crippen LogP contribution in [0.4, 0.5) is 5.95 Å². The molecule has 7 heteroatoms. The first-order valence-electron chi connectivity index (χ1n) is 4.10. The first-order valence-corrected chi connectivity index (χ1v) is 4.10. The van der Waals surface area contributed by atoms with Crippen molar-refractivity contribution in [2.75, 3.05) is 5.73 Å². The first kappa shape index (κ1) is 9.13. The Kier molecular flexibility index (Phi) is 2.05. The summed E-state index contributed by atoms with van der Waals surface area (Å²) in [5.41, 5.74) is 11.3. The van der Waals surface area contributed by atoms with Crippen molar-refractivity contribution in [2.24, 2.45) is 5.73 Å². The maximum absolute atomic E-state index is 10.9. The van der Waals surface area contributed by atoms with E-state index in [1.807, 2.05) is 0 Å². The zero-order valence-corrected chi connectivity index (χ0v) is 7.66. The number of hydrogen-bond donors (Lipinski definition) is 2. The minimum absolute atomic E-state index is 0.160. The summed E-state index contributed by atoms with van der Waals surface area (Å²) in [7, 11) is 0. The van der Waals surface area contributed by atoms with Gasteiger partial charge < -0.3 is 11.5 Å². The van der Waals surface area contributed by atoms with Crippen LogP contribution in [0.2, 0.25) is 0 Å². The van der Waals surface area contributed by atoms with Gasteiger partial charge in [0, 0.05) is 6.20 Å². The largest absolute Gasteiger partial charge is 0.366 e. The minimum atomic E-state index is -0.593. The van der Waals surface area contributed by atoms with Gasteiger partial charge in [-0.05, 0) is 12.1 Å². The van der Waals surface area contributed by atoms with Crippen LogP contribution in [0.5, 0.6) is 0 Å². The van der Waals surface area contributed by atoms with Gasteiger partial charge in [0.2, 0.25) is 5.95 Å². The third kappa shape index (κ3) is 1.75. The molecule has 2 rings (SSSR count). The Labute approximate surface area is 84.7 Å². The number of anilines is 1. The summed E-state index contributed by atoms with van der Waals surface area (Å²) in [5, 5.41) is 3.88. The van der Waals surface area contributed by atoms with Crippen LogP contribution >= 0.6 is 0 Å². The molecule has 0 saturated heterocycles. The van der Waals surface area contributed by atoms with E-state index in [2.05, 4.69) is 15.1 Å². The van der Waals surface area contributed by atoms with Crippen molar-refractivity contribution in [3.05, 3.63) is 30.4 Å². The molecule has 0 aliphatic carbocycles. The van der Waals surface area contributed by atoms with Crippen molar-refractivity contribution >= 4 is 11.9 Å². The lowest BCUT2D eigenvalue weighted by molar-refractivity contribution is 0.0995. The number of pyridine rings is 1. The van der Waals surface area contributed by atoms with Crippen LogP contribution in [0.1, 0.15) is 10.5 Å². The molecule has 2 heterocycles. The van der Waals surface area contributed by atoms with Crippen molar-refractivity contribution in [1.82, 2.24) is 19.7 Å². The second kappa shape index (κ2) is 3.37. The summed E-state index contributed by atoms with van der Waals surface area (Å²) in [5.74, 6) is -0.433. The van der Waals surface area contributed by atoms with Crippen LogP contribution in [0.3, 0.4) is 0 Å². The number of nitrogen functional groups attached to an aromatic ring is 1. The Hall–Kier alpha value is -2.44. The predicted molar refractivity (Wildman–Crippen MR) is 52.1 cm³/mol. The van der Waals surface area contributed by atoms with Gasteiger partial charge in [0.15, 0.2) is 0 Å². The van der Waals surface area contributed by atoms with Crippen molar-refractivity contribution in [3.63, 3.8) is 0 Å². The number of nitrogens with zero attached hydrogens (tertiary/aromatic N) is 4. The molecule has 4 N–H and O–H groups in total. The molecule has 0 unspecified atom stereocenters. The maximum atomic E-state index is 10.9. The van der Waals surface area contributed by atoms with E-state index in [1.54, 1.807) is 6.07 Å². The van der Waals surface area contributed by atoms with Crippen molar-refractivity contribution in [1.29, 1.82) is 0 Å². The van der Waals surface area contributed by atoms with E-state index in [0.29, 0.717) is 5.69 Å². The van der Waals surface area contributed by atoms with Crippen LogP contribution in [-0.2, 0) is 0 Å². The molecule has 0 aliphatic heterocycles. The third-order valence-corrected chi connectivity index (χ3v) is 1.77. The molecule has 7 nitrogen and oxygen atoms in total. The van der Waals surface area contributed by atoms with E-state index in [9.17, 15) is 4.79 Å². The zero-order valence-electron chi connectivity index (χ0n) is 7.66. The molecule has 2 aromatic heterocycles. The lowest BCUT2D eigenvalue weighted by atomic mass is 10.3. The highest BCUT2D eigenvalue weighted by atomic mass is 16.1. The number of carbonyl (C=O) groups excluding carboxylic acids is 1. The minimum Gasteiger partial charge on any atom is -0.366 e. The molecule has 0 radical (unpaired) electrons. The molecule has 0 fully saturated rings. The molecule has 0 bridgehead atoms. The zero-order chi connectivity index (χ0) is 10.8. The molecule has 1 amide bonds. The number of aromatic nitrogens is 4. The van der Waals surface area contributed by atoms with Gasteiger partial charge in [0.25, 0.3) is 5.91 Å². The maximum Gasteiger partial charge on any atom is 0.267 e. The van der Waals surface area contributed by atoms with Gasteiger partial charge in [-0.15, -0.1) is 5.10 Å². The standard InChI is InChI=1S/C8H8N6O/c9-7(15)6-3-5(1-2-11-6)14-4-12-8(10)13-14/h1-4H,(H2,9,15)(H2,10,13). The number of primary amides is 1. The fourth-order valence-electron chi connectivity index (χ4n) is 1.10. The molecule has 0 aliphatic rings. The summed E-state index contributed by atoms with van der Waals surface area (Å²) in [6.07, 6.45) is 2.91. The first-order chi connectivity index (χ1) is 7.16. The molecule has 76 valence electrons. The van der Waals surface area contributed by atoms with E-state index < -0.39 is 5.91 Å². The molecule has 0 atom stereocenters. The van der Waals surface area contributed by atoms with Crippen LogP contribution in [0.25, 0.3) is 5.69 Å². The second-order valence-electron chi connectivity index (χ2n) is 2.81. The van der Waals surface area contributed by atoms with E-state index in [1.165, 1.54) is 23.3 Å². The summed E-state index contributed by atoms with van der Waals surface area (Å²) in [6.45, 7) is 0. The topological polar surface area (TPSA) is 113 Å². The molecular weight excluding hydrogens is 196 g/mol. The summed E-state index contributed by atoms with van der Waals surface area (Å²) < 4.78 is 1.43. The predicted octanol–water partition coefficient (Wildman–Crippen LogP) is -0.657. The smallest absolute Gasteiger partial charge is 0.267 e. The number of nitrogens with two attached hydrogens (primary N) is 2. The molecule has 15 heavy (non-hydrogen) atoms. The van der Waals surface area contributed by atoms with Crippen LogP contribution in [-0.4, -0.2) is 25.7 Å². The van der Waals surface area contributed by atoms with Gasteiger partial charge in [-0.2, -0.15) is 0 Å². The average Bonchev–Trinajstić information content (AvgIpc) is 2.65. The van der Waals surface area contributed by atoms with Crippen LogP contribution in [0, 0.1) is 0 Å². The Morgan fingerprint density at radius 3 is 2.80 bits per heavy atom. The Balaban J connectivity index is 2.45. The van der Waals surface area contributed by atoms with E-state index in [4.69, 9.17) is 11.5 Å². The van der Waals surface area contributed by atoms with Crippen LogP contribution in [0.15, 0.2) is 24.7 Å². The molecular formula is C8H8N6O. The van der Waals surface area contributed by atoms with E-state index in [-0.39, 0.29) is 11.6 Å². The van der Waals surface area contributed by atoms with Crippen molar-refractivity contribution in [2.45, 2.75) is 0 Å². The van der Waals surface area contributed by atoms with Crippen LogP contribution < -0.4 is 11.5 Å². The van der Waals surface area contributed by atoms with Gasteiger partial charge in [0.1, 0.15) is 12.0 Å². The highest BCUT2D eigenvalue weighted by Crippen LogP contribution is 2.06. The highest BCUT2D eigenvalue weighted by Gasteiger charge is 2.05. The van der Waals surface area contributed by atoms with Crippen molar-refractivity contribution < 1.29 is 4.79 Å². The number of amides is 1. The fraction of sp³-hybridized carbons (Fsp3) is 0. The lowest BCUT2D eigenvalue weighted by Crippen LogP contribution is -2.13. The van der Waals surface area contributed by atoms with Gasteiger partial charge in [-0.1, -0.05) is 0 Å². The normalized spacial score (nSPS) is 10.1. The van der Waals surface area contributed by atoms with E-state index in [0.717, 1.165) is 0 Å². The molecule has 2 aromatic rings. The molecule has 0 saturated carbocycles. The summed E-state index contributed by atoms with van der Waals surface area (Å²) in [6, 6.07) is 3.18. The van der Waals surface area contributed by atoms with Gasteiger partial charge >= 0.3 is 0 Å². The molecule has 0 spiro atoms. The highest BCUT2D eigenvalue weighted by molar-refractivity contribution is 5.91. The summed E-state index contributed by atoms with van der Waals surface area (Å²) >= 11 is 0. The number of rotatable bonds is 2. The Morgan fingerprint density at radius 1 is 1.40 bits per heavy atom. The van der Waals surface area contributed by atoms with Crippen molar-refractivity contribution in [3.8, 4) is 5.69 Å². The number of hydrogen-bond acceptors (Lipinski definition) is 5. The van der Waals surface area contributed by atoms with Gasteiger partial charge in [0.05, 0.1) is 5.69 Å². The average molecular weight is 204 g/mol. The monoisotopic (exact) mass is 204 g/mol. The van der Waals surface area contributed by atoms with Gasteiger partial charge in [-0.3, -0.25) is 9.78 Å². The Bertz CT molecular complexity index is 505. The lowest BCUT2D eigenvalue weighted by Gasteiger charge is -2.00. The van der Waals surface area contributed by atoms with Gasteiger partial charge in [-0.25, -0.2) is 9.67 Å². The molecule has 0 aromatic carbocycles.